The molecule has 1 radical (unpaired) electrons. The van der Waals surface area contributed by atoms with Gasteiger partial charge < -0.3 is 10.6 Å². The Kier molecular flexibility index (Phi) is 9.10. The van der Waals surface area contributed by atoms with Gasteiger partial charge in [-0.15, -0.1) is 0 Å². The summed E-state index contributed by atoms with van der Waals surface area (Å²) >= 11 is 6.14. The summed E-state index contributed by atoms with van der Waals surface area (Å²) in [6.07, 6.45) is 2.97. The van der Waals surface area contributed by atoms with Gasteiger partial charge in [0.1, 0.15) is 6.04 Å². The van der Waals surface area contributed by atoms with Gasteiger partial charge in [0.2, 0.25) is 15.9 Å². The van der Waals surface area contributed by atoms with Crippen LogP contribution in [0.2, 0.25) is 5.02 Å². The lowest BCUT2D eigenvalue weighted by molar-refractivity contribution is -0.138. The molecule has 1 amide bonds. The predicted octanol–water partition coefficient (Wildman–Crippen LogP) is 3.87. The average molecular weight is 519 g/mol. The first-order chi connectivity index (χ1) is 16.5. The van der Waals surface area contributed by atoms with Crippen molar-refractivity contribution >= 4 is 33.3 Å². The van der Waals surface area contributed by atoms with Crippen LogP contribution in [-0.2, 0) is 19.6 Å². The summed E-state index contributed by atoms with van der Waals surface area (Å²) in [4.78, 5) is 28.5. The predicted molar refractivity (Wildman–Crippen MR) is 137 cm³/mol. The summed E-state index contributed by atoms with van der Waals surface area (Å²) in [6.45, 7) is 6.06. The Hall–Kier alpha value is -2.26. The van der Waals surface area contributed by atoms with Gasteiger partial charge in [0.05, 0.1) is 17.4 Å². The molecule has 1 aliphatic rings. The van der Waals surface area contributed by atoms with Gasteiger partial charge in [-0.1, -0.05) is 49.7 Å². The fraction of sp³-hybridized carbons (Fsp3) is 0.423. The molecule has 3 rings (SSSR count). The van der Waals surface area contributed by atoms with Gasteiger partial charge in [-0.3, -0.25) is 9.59 Å². The molecule has 1 heterocycles. The third-order valence-electron chi connectivity index (χ3n) is 6.06. The second-order valence-corrected chi connectivity index (χ2v) is 11.6. The number of carbonyl (C=O) groups is 2. The molecular weight excluding hydrogens is 486 g/mol. The minimum Gasteiger partial charge on any atom is -0.331 e. The number of halogens is 1. The monoisotopic (exact) mass is 518 g/mol. The van der Waals surface area contributed by atoms with Crippen LogP contribution in [0.25, 0.3) is 0 Å². The van der Waals surface area contributed by atoms with Crippen LogP contribution in [0.1, 0.15) is 57.2 Å². The first kappa shape index (κ1) is 27.3. The molecule has 1 unspecified atom stereocenters. The molecule has 189 valence electrons. The number of rotatable bonds is 10. The number of ketones is 1. The van der Waals surface area contributed by atoms with Gasteiger partial charge in [0, 0.05) is 17.6 Å². The highest BCUT2D eigenvalue weighted by atomic mass is 35.5. The van der Waals surface area contributed by atoms with Crippen molar-refractivity contribution in [3.05, 3.63) is 71.1 Å². The highest BCUT2D eigenvalue weighted by molar-refractivity contribution is 7.89. The molecule has 1 fully saturated rings. The summed E-state index contributed by atoms with van der Waals surface area (Å²) in [6, 6.07) is 11.2. The number of hydrogen-bond acceptors (Lipinski definition) is 5. The van der Waals surface area contributed by atoms with Crippen molar-refractivity contribution in [2.24, 2.45) is 11.7 Å². The van der Waals surface area contributed by atoms with E-state index in [0.717, 1.165) is 5.56 Å². The molecule has 7 nitrogen and oxygen atoms in total. The molecular formula is C26H33ClN3O4S. The van der Waals surface area contributed by atoms with Crippen LogP contribution < -0.4 is 10.5 Å². The SMILES string of the molecule is CC(C)C[C@@H](NS(=O)(=O)c1ccccc1)C(=O)N1CCC[C@H]1C(=O)[CH]c1cc(Cl)ccc1C(C)N. The van der Waals surface area contributed by atoms with Crippen molar-refractivity contribution in [3.63, 3.8) is 0 Å². The Morgan fingerprint density at radius 1 is 1.17 bits per heavy atom. The molecule has 0 aromatic heterocycles. The maximum Gasteiger partial charge on any atom is 0.241 e. The maximum atomic E-state index is 13.6. The van der Waals surface area contributed by atoms with Crippen molar-refractivity contribution in [1.29, 1.82) is 0 Å². The van der Waals surface area contributed by atoms with Crippen molar-refractivity contribution in [1.82, 2.24) is 9.62 Å². The smallest absolute Gasteiger partial charge is 0.241 e. The molecule has 0 saturated carbocycles. The highest BCUT2D eigenvalue weighted by Gasteiger charge is 2.38. The van der Waals surface area contributed by atoms with Crippen molar-refractivity contribution in [3.8, 4) is 0 Å². The summed E-state index contributed by atoms with van der Waals surface area (Å²) in [5, 5.41) is 0.486. The fourth-order valence-corrected chi connectivity index (χ4v) is 5.79. The first-order valence-electron chi connectivity index (χ1n) is 11.8. The van der Waals surface area contributed by atoms with Crippen LogP contribution in [0.4, 0.5) is 0 Å². The molecule has 9 heteroatoms. The van der Waals surface area contributed by atoms with E-state index in [0.29, 0.717) is 36.4 Å². The third-order valence-corrected chi connectivity index (χ3v) is 7.78. The topological polar surface area (TPSA) is 110 Å². The van der Waals surface area contributed by atoms with Crippen molar-refractivity contribution in [2.45, 2.75) is 63.1 Å². The zero-order chi connectivity index (χ0) is 25.8. The lowest BCUT2D eigenvalue weighted by atomic mass is 9.94. The van der Waals surface area contributed by atoms with E-state index in [4.69, 9.17) is 17.3 Å². The molecule has 2 aromatic carbocycles. The van der Waals surface area contributed by atoms with Crippen molar-refractivity contribution in [2.75, 3.05) is 6.54 Å². The van der Waals surface area contributed by atoms with Crippen LogP contribution in [0.5, 0.6) is 0 Å². The van der Waals surface area contributed by atoms with E-state index in [-0.39, 0.29) is 28.5 Å². The van der Waals surface area contributed by atoms with Gasteiger partial charge >= 0.3 is 0 Å². The minimum atomic E-state index is -3.90. The summed E-state index contributed by atoms with van der Waals surface area (Å²) in [7, 11) is -3.90. The van der Waals surface area contributed by atoms with Crippen LogP contribution >= 0.6 is 11.6 Å². The Labute approximate surface area is 213 Å². The number of nitrogens with two attached hydrogens (primary N) is 1. The van der Waals surface area contributed by atoms with Gasteiger partial charge in [-0.25, -0.2) is 8.42 Å². The van der Waals surface area contributed by atoms with Gasteiger partial charge in [-0.05, 0) is 67.5 Å². The Morgan fingerprint density at radius 2 is 1.86 bits per heavy atom. The van der Waals surface area contributed by atoms with Gasteiger partial charge in [0.15, 0.2) is 5.78 Å². The minimum absolute atomic E-state index is 0.0609. The quantitative estimate of drug-likeness (QED) is 0.496. The summed E-state index contributed by atoms with van der Waals surface area (Å²) in [5.74, 6) is -0.555. The van der Waals surface area contributed by atoms with E-state index in [2.05, 4.69) is 4.72 Å². The largest absolute Gasteiger partial charge is 0.331 e. The van der Waals surface area contributed by atoms with E-state index in [9.17, 15) is 18.0 Å². The number of amides is 1. The van der Waals surface area contributed by atoms with E-state index < -0.39 is 22.1 Å². The zero-order valence-corrected chi connectivity index (χ0v) is 21.9. The second-order valence-electron chi connectivity index (χ2n) is 9.41. The molecule has 2 aromatic rings. The summed E-state index contributed by atoms with van der Waals surface area (Å²) in [5.41, 5.74) is 7.47. The molecule has 1 aliphatic heterocycles. The fourth-order valence-electron chi connectivity index (χ4n) is 4.39. The lowest BCUT2D eigenvalue weighted by Crippen LogP contribution is -2.52. The lowest BCUT2D eigenvalue weighted by Gasteiger charge is -2.29. The molecule has 0 bridgehead atoms. The number of nitrogens with zero attached hydrogens (tertiary/aromatic N) is 1. The third kappa shape index (κ3) is 6.91. The van der Waals surface area contributed by atoms with Crippen LogP contribution in [0.15, 0.2) is 53.4 Å². The average Bonchev–Trinajstić information content (AvgIpc) is 3.28. The van der Waals surface area contributed by atoms with Gasteiger partial charge in [0.25, 0.3) is 0 Å². The Balaban J connectivity index is 1.82. The van der Waals surface area contributed by atoms with E-state index in [1.54, 1.807) is 36.4 Å². The second kappa shape index (κ2) is 11.6. The van der Waals surface area contributed by atoms with Crippen LogP contribution in [0.3, 0.4) is 0 Å². The number of likely N-dealkylation sites (tertiary alicyclic amines) is 1. The van der Waals surface area contributed by atoms with E-state index in [1.165, 1.54) is 23.5 Å². The highest BCUT2D eigenvalue weighted by Crippen LogP contribution is 2.27. The number of benzene rings is 2. The Bertz CT molecular complexity index is 1150. The number of Topliss-reactive ketones (excluding diaryl/α,β-unsaturated/α-hetero) is 1. The number of nitrogens with one attached hydrogen (secondary N) is 1. The van der Waals surface area contributed by atoms with Crippen LogP contribution in [0, 0.1) is 12.3 Å². The van der Waals surface area contributed by atoms with Crippen molar-refractivity contribution < 1.29 is 18.0 Å². The molecule has 3 N–H and O–H groups in total. The molecule has 0 aliphatic carbocycles. The molecule has 35 heavy (non-hydrogen) atoms. The van der Waals surface area contributed by atoms with E-state index >= 15 is 0 Å². The van der Waals surface area contributed by atoms with E-state index in [1.807, 2.05) is 20.8 Å². The molecule has 3 atom stereocenters. The first-order valence-corrected chi connectivity index (χ1v) is 13.7. The number of carbonyl (C=O) groups excluding carboxylic acids is 2. The zero-order valence-electron chi connectivity index (χ0n) is 20.3. The standard InChI is InChI=1S/C26H33ClN3O4S/c1-17(2)14-23(29-35(33,34)21-8-5-4-6-9-21)26(32)30-13-7-10-24(30)25(31)16-19-15-20(27)11-12-22(19)18(3)28/h4-6,8-9,11-12,15-18,23-24,29H,7,10,13-14,28H2,1-3H3/t18?,23-,24+/m1/s1. The maximum absolute atomic E-state index is 13.6. The van der Waals surface area contributed by atoms with Gasteiger partial charge in [-0.2, -0.15) is 4.72 Å². The number of hydrogen-bond donors (Lipinski definition) is 2. The molecule has 0 spiro atoms. The number of sulfonamides is 1. The molecule has 1 saturated heterocycles. The Morgan fingerprint density at radius 3 is 2.49 bits per heavy atom. The normalized spacial score (nSPS) is 18.0. The summed E-state index contributed by atoms with van der Waals surface area (Å²) < 4.78 is 28.5. The van der Waals surface area contributed by atoms with Crippen LogP contribution in [-0.4, -0.2) is 43.6 Å².